The molecule has 4 aromatic rings. The fourth-order valence-electron chi connectivity index (χ4n) is 3.20. The fourth-order valence-corrected chi connectivity index (χ4v) is 4.46. The summed E-state index contributed by atoms with van der Waals surface area (Å²) in [4.78, 5) is 24.4. The van der Waals surface area contributed by atoms with Crippen molar-refractivity contribution in [3.05, 3.63) is 109 Å². The van der Waals surface area contributed by atoms with Crippen molar-refractivity contribution in [2.45, 2.75) is 9.79 Å². The van der Waals surface area contributed by atoms with Crippen LogP contribution >= 0.6 is 0 Å². The first kappa shape index (κ1) is 23.5. The SMILES string of the molecule is O=C(Nc1ccccc1)Nc1ccc(S(=O)(=O)c2ccc(NC(=O)Nc3ccccc3)cc2)cc1. The molecule has 0 bridgehead atoms. The van der Waals surface area contributed by atoms with E-state index in [9.17, 15) is 18.0 Å². The third-order valence-electron chi connectivity index (χ3n) is 4.91. The van der Waals surface area contributed by atoms with Gasteiger partial charge in [0.2, 0.25) is 9.84 Å². The van der Waals surface area contributed by atoms with Crippen LogP contribution in [-0.4, -0.2) is 20.5 Å². The van der Waals surface area contributed by atoms with E-state index in [1.165, 1.54) is 48.5 Å². The summed E-state index contributed by atoms with van der Waals surface area (Å²) in [5.74, 6) is 0. The topological polar surface area (TPSA) is 116 Å². The molecule has 0 fully saturated rings. The molecule has 4 N–H and O–H groups in total. The van der Waals surface area contributed by atoms with Crippen molar-refractivity contribution >= 4 is 44.6 Å². The number of para-hydroxylation sites is 2. The molecule has 0 aromatic heterocycles. The highest BCUT2D eigenvalue weighted by Crippen LogP contribution is 2.24. The summed E-state index contributed by atoms with van der Waals surface area (Å²) in [6.07, 6.45) is 0. The number of urea groups is 2. The quantitative estimate of drug-likeness (QED) is 0.275. The lowest BCUT2D eigenvalue weighted by atomic mass is 10.3. The van der Waals surface area contributed by atoms with Gasteiger partial charge in [0, 0.05) is 22.7 Å². The molecule has 4 rings (SSSR count). The van der Waals surface area contributed by atoms with Crippen LogP contribution in [0.25, 0.3) is 0 Å². The molecule has 0 aliphatic heterocycles. The van der Waals surface area contributed by atoms with Gasteiger partial charge >= 0.3 is 12.1 Å². The van der Waals surface area contributed by atoms with Gasteiger partial charge in [-0.3, -0.25) is 0 Å². The van der Waals surface area contributed by atoms with Crippen molar-refractivity contribution in [1.29, 1.82) is 0 Å². The molecule has 9 heteroatoms. The minimum Gasteiger partial charge on any atom is -0.308 e. The van der Waals surface area contributed by atoms with E-state index < -0.39 is 21.9 Å². The summed E-state index contributed by atoms with van der Waals surface area (Å²) in [5.41, 5.74) is 2.17. The molecular formula is C26H22N4O4S. The minimum absolute atomic E-state index is 0.0778. The van der Waals surface area contributed by atoms with Crippen LogP contribution in [0.1, 0.15) is 0 Å². The van der Waals surface area contributed by atoms with Crippen molar-refractivity contribution in [3.63, 3.8) is 0 Å². The van der Waals surface area contributed by atoms with Gasteiger partial charge in [0.25, 0.3) is 0 Å². The van der Waals surface area contributed by atoms with E-state index in [0.29, 0.717) is 22.7 Å². The molecule has 0 saturated carbocycles. The molecule has 4 aromatic carbocycles. The van der Waals surface area contributed by atoms with Crippen molar-refractivity contribution < 1.29 is 18.0 Å². The van der Waals surface area contributed by atoms with Crippen LogP contribution in [0.3, 0.4) is 0 Å². The van der Waals surface area contributed by atoms with Gasteiger partial charge in [-0.25, -0.2) is 18.0 Å². The molecule has 0 aliphatic carbocycles. The number of benzene rings is 4. The third-order valence-corrected chi connectivity index (χ3v) is 6.69. The van der Waals surface area contributed by atoms with E-state index in [1.54, 1.807) is 48.5 Å². The Hall–Kier alpha value is -4.63. The van der Waals surface area contributed by atoms with E-state index in [2.05, 4.69) is 21.3 Å². The molecule has 0 spiro atoms. The predicted molar refractivity (Wildman–Crippen MR) is 137 cm³/mol. The van der Waals surface area contributed by atoms with Crippen LogP contribution in [0.15, 0.2) is 119 Å². The van der Waals surface area contributed by atoms with E-state index in [4.69, 9.17) is 0 Å². The Bertz CT molecular complexity index is 1300. The molecule has 176 valence electrons. The Morgan fingerprint density at radius 3 is 1.03 bits per heavy atom. The normalized spacial score (nSPS) is 10.7. The summed E-state index contributed by atoms with van der Waals surface area (Å²) in [7, 11) is -3.78. The highest BCUT2D eigenvalue weighted by Gasteiger charge is 2.18. The lowest BCUT2D eigenvalue weighted by Crippen LogP contribution is -2.19. The Morgan fingerprint density at radius 2 is 0.714 bits per heavy atom. The summed E-state index contributed by atoms with van der Waals surface area (Å²) in [6.45, 7) is 0. The van der Waals surface area contributed by atoms with E-state index in [0.717, 1.165) is 0 Å². The molecule has 0 radical (unpaired) electrons. The Morgan fingerprint density at radius 1 is 0.429 bits per heavy atom. The highest BCUT2D eigenvalue weighted by atomic mass is 32.2. The van der Waals surface area contributed by atoms with Gasteiger partial charge in [0.15, 0.2) is 0 Å². The molecular weight excluding hydrogens is 464 g/mol. The van der Waals surface area contributed by atoms with Crippen molar-refractivity contribution in [1.82, 2.24) is 0 Å². The second-order valence-electron chi connectivity index (χ2n) is 7.44. The highest BCUT2D eigenvalue weighted by molar-refractivity contribution is 7.91. The van der Waals surface area contributed by atoms with Gasteiger partial charge in [0.1, 0.15) is 0 Å². The van der Waals surface area contributed by atoms with Gasteiger partial charge < -0.3 is 21.3 Å². The molecule has 0 unspecified atom stereocenters. The summed E-state index contributed by atoms with van der Waals surface area (Å²) >= 11 is 0. The lowest BCUT2D eigenvalue weighted by Gasteiger charge is -2.10. The van der Waals surface area contributed by atoms with Crippen LogP contribution < -0.4 is 21.3 Å². The average Bonchev–Trinajstić information content (AvgIpc) is 2.86. The summed E-state index contributed by atoms with van der Waals surface area (Å²) in [5, 5.41) is 10.7. The van der Waals surface area contributed by atoms with Crippen molar-refractivity contribution in [2.75, 3.05) is 21.3 Å². The van der Waals surface area contributed by atoms with Crippen LogP contribution in [0.5, 0.6) is 0 Å². The number of carbonyl (C=O) groups excluding carboxylic acids is 2. The van der Waals surface area contributed by atoms with Gasteiger partial charge in [-0.2, -0.15) is 0 Å². The van der Waals surface area contributed by atoms with Gasteiger partial charge in [0.05, 0.1) is 9.79 Å². The fraction of sp³-hybridized carbons (Fsp3) is 0. The van der Waals surface area contributed by atoms with Crippen LogP contribution in [0.2, 0.25) is 0 Å². The minimum atomic E-state index is -3.78. The first-order chi connectivity index (χ1) is 16.9. The van der Waals surface area contributed by atoms with E-state index in [-0.39, 0.29) is 9.79 Å². The molecule has 0 atom stereocenters. The largest absolute Gasteiger partial charge is 0.323 e. The van der Waals surface area contributed by atoms with Crippen molar-refractivity contribution in [3.8, 4) is 0 Å². The maximum absolute atomic E-state index is 13.0. The first-order valence-electron chi connectivity index (χ1n) is 10.6. The van der Waals surface area contributed by atoms with Crippen LogP contribution in [0.4, 0.5) is 32.3 Å². The predicted octanol–water partition coefficient (Wildman–Crippen LogP) is 5.81. The van der Waals surface area contributed by atoms with Gasteiger partial charge in [-0.15, -0.1) is 0 Å². The lowest BCUT2D eigenvalue weighted by molar-refractivity contribution is 0.261. The zero-order chi connectivity index (χ0) is 24.7. The number of sulfone groups is 1. The summed E-state index contributed by atoms with van der Waals surface area (Å²) < 4.78 is 26.0. The maximum Gasteiger partial charge on any atom is 0.323 e. The van der Waals surface area contributed by atoms with Gasteiger partial charge in [-0.05, 0) is 72.8 Å². The number of carbonyl (C=O) groups is 2. The van der Waals surface area contributed by atoms with Crippen LogP contribution in [-0.2, 0) is 9.84 Å². The third kappa shape index (κ3) is 6.24. The zero-order valence-corrected chi connectivity index (χ0v) is 19.3. The second-order valence-corrected chi connectivity index (χ2v) is 9.39. The van der Waals surface area contributed by atoms with Crippen molar-refractivity contribution in [2.24, 2.45) is 0 Å². The first-order valence-corrected chi connectivity index (χ1v) is 12.1. The number of rotatable bonds is 6. The van der Waals surface area contributed by atoms with E-state index >= 15 is 0 Å². The monoisotopic (exact) mass is 486 g/mol. The smallest absolute Gasteiger partial charge is 0.308 e. The molecule has 8 nitrogen and oxygen atoms in total. The van der Waals surface area contributed by atoms with E-state index in [1.807, 2.05) is 12.1 Å². The number of hydrogen-bond donors (Lipinski definition) is 4. The molecule has 0 heterocycles. The number of amides is 4. The molecule has 35 heavy (non-hydrogen) atoms. The molecule has 0 aliphatic rings. The standard InChI is InChI=1S/C26H22N4O4S/c31-25(27-19-7-3-1-4-8-19)29-21-11-15-23(16-12-21)35(33,34)24-17-13-22(14-18-24)30-26(32)28-20-9-5-2-6-10-20/h1-18H,(H2,27,29,31)(H2,28,30,32). The summed E-state index contributed by atoms with van der Waals surface area (Å²) in [6, 6.07) is 28.8. The average molecular weight is 487 g/mol. The Labute approximate surface area is 202 Å². The Kier molecular flexibility index (Phi) is 7.08. The molecule has 4 amide bonds. The number of anilines is 4. The Balaban J connectivity index is 1.38. The maximum atomic E-state index is 13.0. The zero-order valence-electron chi connectivity index (χ0n) is 18.4. The number of nitrogens with one attached hydrogen (secondary N) is 4. The van der Waals surface area contributed by atoms with Crippen LogP contribution in [0, 0.1) is 0 Å². The second kappa shape index (κ2) is 10.5. The number of hydrogen-bond acceptors (Lipinski definition) is 4. The van der Waals surface area contributed by atoms with Gasteiger partial charge in [-0.1, -0.05) is 36.4 Å². The molecule has 0 saturated heterocycles.